The third kappa shape index (κ3) is 3.46. The Morgan fingerprint density at radius 2 is 1.89 bits per heavy atom. The molecule has 0 amide bonds. The van der Waals surface area contributed by atoms with Crippen molar-refractivity contribution in [3.05, 3.63) is 34.6 Å². The Labute approximate surface area is 114 Å². The Balaban J connectivity index is 2.10. The molecule has 1 aromatic carbocycles. The van der Waals surface area contributed by atoms with Gasteiger partial charge in [0.25, 0.3) is 0 Å². The summed E-state index contributed by atoms with van der Waals surface area (Å²) in [6.07, 6.45) is 7.25. The average Bonchev–Trinajstić information content (AvgIpc) is 2.57. The number of halogens is 2. The summed E-state index contributed by atoms with van der Waals surface area (Å²) in [5.74, 6) is 0.925. The monoisotopic (exact) mass is 269 g/mol. The highest BCUT2D eigenvalue weighted by Gasteiger charge is 2.23. The molecular formula is C15H21ClFN. The zero-order chi connectivity index (χ0) is 13.0. The van der Waals surface area contributed by atoms with Crippen molar-refractivity contribution >= 4 is 11.6 Å². The van der Waals surface area contributed by atoms with Gasteiger partial charge in [0.15, 0.2) is 0 Å². The van der Waals surface area contributed by atoms with E-state index in [0.717, 1.165) is 18.5 Å². The van der Waals surface area contributed by atoms with Gasteiger partial charge >= 0.3 is 0 Å². The van der Waals surface area contributed by atoms with Crippen LogP contribution < -0.4 is 5.73 Å². The zero-order valence-electron chi connectivity index (χ0n) is 10.7. The van der Waals surface area contributed by atoms with Gasteiger partial charge in [-0.05, 0) is 55.3 Å². The van der Waals surface area contributed by atoms with Crippen LogP contribution in [0.4, 0.5) is 4.39 Å². The van der Waals surface area contributed by atoms with Gasteiger partial charge in [0.2, 0.25) is 0 Å². The van der Waals surface area contributed by atoms with Crippen LogP contribution in [0.5, 0.6) is 0 Å². The fraction of sp³-hybridized carbons (Fsp3) is 0.600. The summed E-state index contributed by atoms with van der Waals surface area (Å²) in [6, 6.07) is 4.72. The molecule has 2 atom stereocenters. The van der Waals surface area contributed by atoms with E-state index in [1.165, 1.54) is 44.2 Å². The number of hydrogen-bond acceptors (Lipinski definition) is 1. The summed E-state index contributed by atoms with van der Waals surface area (Å²) in [7, 11) is 0. The molecule has 2 unspecified atom stereocenters. The summed E-state index contributed by atoms with van der Waals surface area (Å²) in [5.41, 5.74) is 6.94. The van der Waals surface area contributed by atoms with Crippen molar-refractivity contribution in [3.8, 4) is 0 Å². The molecule has 0 aliphatic heterocycles. The third-order valence-electron chi connectivity index (χ3n) is 4.12. The quantitative estimate of drug-likeness (QED) is 0.819. The van der Waals surface area contributed by atoms with Gasteiger partial charge in [-0.3, -0.25) is 0 Å². The maximum atomic E-state index is 13.0. The predicted molar refractivity (Wildman–Crippen MR) is 74.2 cm³/mol. The minimum Gasteiger partial charge on any atom is -0.330 e. The second-order valence-corrected chi connectivity index (χ2v) is 5.74. The molecule has 2 rings (SSSR count). The molecule has 0 radical (unpaired) electrons. The van der Waals surface area contributed by atoms with Gasteiger partial charge in [-0.15, -0.1) is 0 Å². The first-order chi connectivity index (χ1) is 8.70. The Morgan fingerprint density at radius 3 is 2.56 bits per heavy atom. The van der Waals surface area contributed by atoms with Crippen molar-refractivity contribution in [2.45, 2.75) is 38.5 Å². The molecule has 0 saturated heterocycles. The van der Waals surface area contributed by atoms with Crippen molar-refractivity contribution in [3.63, 3.8) is 0 Å². The first kappa shape index (κ1) is 13.8. The highest BCUT2D eigenvalue weighted by Crippen LogP contribution is 2.32. The molecule has 1 aliphatic carbocycles. The molecule has 1 fully saturated rings. The highest BCUT2D eigenvalue weighted by molar-refractivity contribution is 6.31. The molecule has 0 spiro atoms. The lowest BCUT2D eigenvalue weighted by molar-refractivity contribution is 0.318. The van der Waals surface area contributed by atoms with E-state index >= 15 is 0 Å². The van der Waals surface area contributed by atoms with Crippen LogP contribution in [0.25, 0.3) is 0 Å². The summed E-state index contributed by atoms with van der Waals surface area (Å²) in [5, 5.41) is 0.551. The van der Waals surface area contributed by atoms with Gasteiger partial charge in [0.05, 0.1) is 0 Å². The summed E-state index contributed by atoms with van der Waals surface area (Å²) >= 11 is 6.11. The van der Waals surface area contributed by atoms with Crippen LogP contribution >= 0.6 is 11.6 Å². The molecule has 18 heavy (non-hydrogen) atoms. The Bertz CT molecular complexity index is 394. The van der Waals surface area contributed by atoms with E-state index < -0.39 is 0 Å². The standard InChI is InChI=1S/C15H21ClFN/c16-15-9-14(17)7-6-12(15)8-11-4-2-1-3-5-13(11)10-18/h6-7,9,11,13H,1-5,8,10,18H2. The van der Waals surface area contributed by atoms with Crippen LogP contribution in [0.3, 0.4) is 0 Å². The largest absolute Gasteiger partial charge is 0.330 e. The van der Waals surface area contributed by atoms with E-state index in [9.17, 15) is 4.39 Å². The fourth-order valence-corrected chi connectivity index (χ4v) is 3.25. The van der Waals surface area contributed by atoms with Gasteiger partial charge < -0.3 is 5.73 Å². The normalized spacial score (nSPS) is 24.8. The number of benzene rings is 1. The third-order valence-corrected chi connectivity index (χ3v) is 4.47. The van der Waals surface area contributed by atoms with Crippen molar-refractivity contribution in [2.24, 2.45) is 17.6 Å². The van der Waals surface area contributed by atoms with Gasteiger partial charge in [0.1, 0.15) is 5.82 Å². The molecule has 2 N–H and O–H groups in total. The van der Waals surface area contributed by atoms with Gasteiger partial charge in [-0.2, -0.15) is 0 Å². The molecular weight excluding hydrogens is 249 g/mol. The molecule has 0 bridgehead atoms. The minimum atomic E-state index is -0.264. The molecule has 1 nitrogen and oxygen atoms in total. The predicted octanol–water partition coefficient (Wildman–Crippen LogP) is 4.18. The average molecular weight is 270 g/mol. The number of hydrogen-bond donors (Lipinski definition) is 1. The van der Waals surface area contributed by atoms with Crippen LogP contribution in [0.2, 0.25) is 5.02 Å². The van der Waals surface area contributed by atoms with E-state index in [4.69, 9.17) is 17.3 Å². The molecule has 1 aliphatic rings. The van der Waals surface area contributed by atoms with Crippen molar-refractivity contribution in [1.82, 2.24) is 0 Å². The van der Waals surface area contributed by atoms with E-state index in [1.54, 1.807) is 0 Å². The van der Waals surface area contributed by atoms with Crippen LogP contribution in [-0.2, 0) is 6.42 Å². The van der Waals surface area contributed by atoms with E-state index in [0.29, 0.717) is 16.9 Å². The summed E-state index contributed by atoms with van der Waals surface area (Å²) < 4.78 is 13.0. The van der Waals surface area contributed by atoms with Crippen molar-refractivity contribution in [2.75, 3.05) is 6.54 Å². The highest BCUT2D eigenvalue weighted by atomic mass is 35.5. The van der Waals surface area contributed by atoms with Crippen molar-refractivity contribution in [1.29, 1.82) is 0 Å². The smallest absolute Gasteiger partial charge is 0.124 e. The molecule has 0 aromatic heterocycles. The topological polar surface area (TPSA) is 26.0 Å². The van der Waals surface area contributed by atoms with E-state index in [-0.39, 0.29) is 5.82 Å². The zero-order valence-corrected chi connectivity index (χ0v) is 11.4. The minimum absolute atomic E-state index is 0.264. The van der Waals surface area contributed by atoms with E-state index in [2.05, 4.69) is 0 Å². The molecule has 0 heterocycles. The molecule has 100 valence electrons. The first-order valence-corrected chi connectivity index (χ1v) is 7.22. The molecule has 3 heteroatoms. The van der Waals surface area contributed by atoms with Crippen LogP contribution in [0, 0.1) is 17.7 Å². The molecule has 1 aromatic rings. The number of rotatable bonds is 3. The first-order valence-electron chi connectivity index (χ1n) is 6.84. The van der Waals surface area contributed by atoms with Crippen LogP contribution in [0.1, 0.15) is 37.7 Å². The second-order valence-electron chi connectivity index (χ2n) is 5.33. The lowest BCUT2D eigenvalue weighted by atomic mass is 9.83. The van der Waals surface area contributed by atoms with Crippen LogP contribution in [-0.4, -0.2) is 6.54 Å². The Kier molecular flexibility index (Phi) is 5.02. The maximum absolute atomic E-state index is 13.0. The van der Waals surface area contributed by atoms with Crippen molar-refractivity contribution < 1.29 is 4.39 Å². The van der Waals surface area contributed by atoms with Gasteiger partial charge in [-0.25, -0.2) is 4.39 Å². The van der Waals surface area contributed by atoms with Crippen LogP contribution in [0.15, 0.2) is 18.2 Å². The second kappa shape index (κ2) is 6.53. The van der Waals surface area contributed by atoms with Gasteiger partial charge in [-0.1, -0.05) is 36.9 Å². The maximum Gasteiger partial charge on any atom is 0.124 e. The summed E-state index contributed by atoms with van der Waals surface area (Å²) in [4.78, 5) is 0. The molecule has 1 saturated carbocycles. The lowest BCUT2D eigenvalue weighted by Crippen LogP contribution is -2.24. The van der Waals surface area contributed by atoms with Gasteiger partial charge in [0, 0.05) is 5.02 Å². The van der Waals surface area contributed by atoms with E-state index in [1.807, 2.05) is 6.07 Å². The lowest BCUT2D eigenvalue weighted by Gasteiger charge is -2.24. The number of nitrogens with two attached hydrogens (primary N) is 1. The Morgan fingerprint density at radius 1 is 1.17 bits per heavy atom. The Hall–Kier alpha value is -0.600. The fourth-order valence-electron chi connectivity index (χ4n) is 3.01. The summed E-state index contributed by atoms with van der Waals surface area (Å²) in [6.45, 7) is 0.753. The SMILES string of the molecule is NCC1CCCCCC1Cc1ccc(F)cc1Cl.